The van der Waals surface area contributed by atoms with Crippen LogP contribution in [0, 0.1) is 0 Å². The lowest BCUT2D eigenvalue weighted by Gasteiger charge is -2.39. The van der Waals surface area contributed by atoms with Gasteiger partial charge in [0.15, 0.2) is 0 Å². The topological polar surface area (TPSA) is 37.4 Å². The van der Waals surface area contributed by atoms with Crippen molar-refractivity contribution in [3.05, 3.63) is 23.9 Å². The Bertz CT molecular complexity index is 373. The minimum atomic E-state index is 0.597. The quantitative estimate of drug-likeness (QED) is 0.889. The van der Waals surface area contributed by atoms with E-state index >= 15 is 0 Å². The van der Waals surface area contributed by atoms with Gasteiger partial charge in [0.05, 0.1) is 19.3 Å². The van der Waals surface area contributed by atoms with Gasteiger partial charge in [0, 0.05) is 18.2 Å². The van der Waals surface area contributed by atoms with Gasteiger partial charge in [-0.2, -0.15) is 0 Å². The second-order valence-corrected chi connectivity index (χ2v) is 5.04. The Hall–Kier alpha value is -1.13. The molecule has 0 amide bonds. The molecule has 1 saturated heterocycles. The first-order valence-electron chi connectivity index (χ1n) is 6.72. The van der Waals surface area contributed by atoms with Crippen LogP contribution in [-0.2, 0) is 6.54 Å². The number of hydrazine groups is 1. The third kappa shape index (κ3) is 3.21. The summed E-state index contributed by atoms with van der Waals surface area (Å²) in [6.07, 6.45) is 3.86. The summed E-state index contributed by atoms with van der Waals surface area (Å²) in [5, 5.41) is 2.37. The summed E-state index contributed by atoms with van der Waals surface area (Å²) in [7, 11) is 1.65. The predicted octanol–water partition coefficient (Wildman–Crippen LogP) is 2.36. The molecule has 2 unspecified atom stereocenters. The van der Waals surface area contributed by atoms with E-state index in [1.807, 2.05) is 18.2 Å². The number of hydrogen-bond acceptors (Lipinski definition) is 4. The molecule has 1 aromatic rings. The van der Waals surface area contributed by atoms with Gasteiger partial charge < -0.3 is 4.74 Å². The molecule has 18 heavy (non-hydrogen) atoms. The van der Waals surface area contributed by atoms with Crippen LogP contribution in [0.1, 0.15) is 38.8 Å². The molecule has 1 aromatic heterocycles. The summed E-state index contributed by atoms with van der Waals surface area (Å²) in [4.78, 5) is 4.41. The SMILES string of the molecule is COc1cccc(CNN2C(C)CCCC2C)n1. The largest absolute Gasteiger partial charge is 0.481 e. The number of hydrogen-bond donors (Lipinski definition) is 1. The van der Waals surface area contributed by atoms with Crippen LogP contribution in [0.4, 0.5) is 0 Å². The highest BCUT2D eigenvalue weighted by Crippen LogP contribution is 2.20. The van der Waals surface area contributed by atoms with Gasteiger partial charge in [-0.15, -0.1) is 0 Å². The summed E-state index contributed by atoms with van der Waals surface area (Å²) in [6.45, 7) is 5.31. The number of methoxy groups -OCH3 is 1. The molecule has 0 bridgehead atoms. The average molecular weight is 249 g/mol. The molecule has 4 heteroatoms. The van der Waals surface area contributed by atoms with Crippen LogP contribution in [0.5, 0.6) is 5.88 Å². The molecule has 1 fully saturated rings. The van der Waals surface area contributed by atoms with E-state index in [2.05, 4.69) is 29.3 Å². The van der Waals surface area contributed by atoms with Gasteiger partial charge in [0.2, 0.25) is 5.88 Å². The van der Waals surface area contributed by atoms with E-state index in [9.17, 15) is 0 Å². The highest BCUT2D eigenvalue weighted by molar-refractivity contribution is 5.15. The van der Waals surface area contributed by atoms with E-state index in [4.69, 9.17) is 4.74 Å². The fourth-order valence-electron chi connectivity index (χ4n) is 2.57. The lowest BCUT2D eigenvalue weighted by atomic mass is 10.00. The van der Waals surface area contributed by atoms with Crippen molar-refractivity contribution in [2.75, 3.05) is 7.11 Å². The van der Waals surface area contributed by atoms with Crippen LogP contribution in [0.25, 0.3) is 0 Å². The summed E-state index contributed by atoms with van der Waals surface area (Å²) in [5.74, 6) is 0.675. The van der Waals surface area contributed by atoms with Gasteiger partial charge in [0.25, 0.3) is 0 Å². The zero-order valence-electron chi connectivity index (χ0n) is 11.5. The molecule has 0 radical (unpaired) electrons. The van der Waals surface area contributed by atoms with Crippen molar-refractivity contribution in [1.82, 2.24) is 15.4 Å². The second kappa shape index (κ2) is 6.16. The predicted molar refractivity (Wildman–Crippen MR) is 72.2 cm³/mol. The van der Waals surface area contributed by atoms with Crippen molar-refractivity contribution in [2.45, 2.75) is 51.7 Å². The Labute approximate surface area is 109 Å². The first-order chi connectivity index (χ1) is 8.70. The average Bonchev–Trinajstić information content (AvgIpc) is 2.38. The van der Waals surface area contributed by atoms with Gasteiger partial charge in [0.1, 0.15) is 0 Å². The van der Waals surface area contributed by atoms with Gasteiger partial charge in [-0.25, -0.2) is 15.4 Å². The molecule has 1 aliphatic heterocycles. The van der Waals surface area contributed by atoms with Gasteiger partial charge in [-0.05, 0) is 32.8 Å². The van der Waals surface area contributed by atoms with Gasteiger partial charge in [-0.3, -0.25) is 0 Å². The maximum Gasteiger partial charge on any atom is 0.213 e. The smallest absolute Gasteiger partial charge is 0.213 e. The number of rotatable bonds is 4. The second-order valence-electron chi connectivity index (χ2n) is 5.04. The maximum atomic E-state index is 5.14. The Morgan fingerprint density at radius 1 is 1.33 bits per heavy atom. The number of piperidine rings is 1. The van der Waals surface area contributed by atoms with Crippen LogP contribution < -0.4 is 10.2 Å². The molecule has 0 aliphatic carbocycles. The molecule has 100 valence electrons. The molecule has 2 atom stereocenters. The Morgan fingerprint density at radius 2 is 2.06 bits per heavy atom. The van der Waals surface area contributed by atoms with E-state index < -0.39 is 0 Å². The van der Waals surface area contributed by atoms with Crippen molar-refractivity contribution in [3.8, 4) is 5.88 Å². The number of pyridine rings is 1. The van der Waals surface area contributed by atoms with E-state index in [1.165, 1.54) is 19.3 Å². The molecule has 4 nitrogen and oxygen atoms in total. The molecule has 0 aromatic carbocycles. The van der Waals surface area contributed by atoms with Crippen LogP contribution in [0.15, 0.2) is 18.2 Å². The summed E-state index contributed by atoms with van der Waals surface area (Å²) >= 11 is 0. The van der Waals surface area contributed by atoms with Crippen LogP contribution >= 0.6 is 0 Å². The standard InChI is InChI=1S/C14H23N3O/c1-11-6-4-7-12(2)17(11)15-10-13-8-5-9-14(16-13)18-3/h5,8-9,11-12,15H,4,6-7,10H2,1-3H3. The Morgan fingerprint density at radius 3 is 2.72 bits per heavy atom. The molecule has 0 saturated carbocycles. The molecular formula is C14H23N3O. The fraction of sp³-hybridized carbons (Fsp3) is 0.643. The molecular weight excluding hydrogens is 226 g/mol. The van der Waals surface area contributed by atoms with E-state index in [0.29, 0.717) is 18.0 Å². The first-order valence-corrected chi connectivity index (χ1v) is 6.72. The lowest BCUT2D eigenvalue weighted by molar-refractivity contribution is 0.0430. The van der Waals surface area contributed by atoms with Crippen molar-refractivity contribution in [2.24, 2.45) is 0 Å². The molecule has 2 rings (SSSR count). The van der Waals surface area contributed by atoms with Gasteiger partial charge >= 0.3 is 0 Å². The highest BCUT2D eigenvalue weighted by atomic mass is 16.5. The summed E-state index contributed by atoms with van der Waals surface area (Å²) in [6, 6.07) is 7.06. The Balaban J connectivity index is 1.93. The fourth-order valence-corrected chi connectivity index (χ4v) is 2.57. The minimum Gasteiger partial charge on any atom is -0.481 e. The van der Waals surface area contributed by atoms with Crippen molar-refractivity contribution in [3.63, 3.8) is 0 Å². The van der Waals surface area contributed by atoms with Crippen molar-refractivity contribution in [1.29, 1.82) is 0 Å². The van der Waals surface area contributed by atoms with E-state index in [-0.39, 0.29) is 0 Å². The summed E-state index contributed by atoms with van der Waals surface area (Å²) in [5.41, 5.74) is 4.52. The van der Waals surface area contributed by atoms with Crippen LogP contribution in [0.3, 0.4) is 0 Å². The Kier molecular flexibility index (Phi) is 4.55. The first kappa shape index (κ1) is 13.3. The van der Waals surface area contributed by atoms with Crippen LogP contribution in [-0.4, -0.2) is 29.2 Å². The zero-order valence-corrected chi connectivity index (χ0v) is 11.5. The molecule has 0 spiro atoms. The molecule has 1 aliphatic rings. The van der Waals surface area contributed by atoms with E-state index in [1.54, 1.807) is 7.11 Å². The van der Waals surface area contributed by atoms with Crippen molar-refractivity contribution >= 4 is 0 Å². The van der Waals surface area contributed by atoms with Crippen molar-refractivity contribution < 1.29 is 4.74 Å². The highest BCUT2D eigenvalue weighted by Gasteiger charge is 2.24. The number of aromatic nitrogens is 1. The number of nitrogens with zero attached hydrogens (tertiary/aromatic N) is 2. The third-order valence-corrected chi connectivity index (χ3v) is 3.63. The summed E-state index contributed by atoms with van der Waals surface area (Å²) < 4.78 is 5.14. The zero-order chi connectivity index (χ0) is 13.0. The minimum absolute atomic E-state index is 0.597. The van der Waals surface area contributed by atoms with E-state index in [0.717, 1.165) is 12.2 Å². The van der Waals surface area contributed by atoms with Crippen LogP contribution in [0.2, 0.25) is 0 Å². The number of ether oxygens (including phenoxy) is 1. The maximum absolute atomic E-state index is 5.14. The monoisotopic (exact) mass is 249 g/mol. The normalized spacial score (nSPS) is 25.1. The molecule has 2 heterocycles. The van der Waals surface area contributed by atoms with Gasteiger partial charge in [-0.1, -0.05) is 12.5 Å². The third-order valence-electron chi connectivity index (χ3n) is 3.63. The number of nitrogens with one attached hydrogen (secondary N) is 1. The lowest BCUT2D eigenvalue weighted by Crippen LogP contribution is -2.51. The molecule has 1 N–H and O–H groups in total.